The molecule has 0 aromatic carbocycles. The van der Waals surface area contributed by atoms with Crippen LogP contribution in [-0.4, -0.2) is 27.8 Å². The van der Waals surface area contributed by atoms with Gasteiger partial charge in [-0.2, -0.15) is 0 Å². The van der Waals surface area contributed by atoms with Gasteiger partial charge in [0.25, 0.3) is 0 Å². The third kappa shape index (κ3) is 3.51. The molecule has 0 aliphatic heterocycles. The van der Waals surface area contributed by atoms with Crippen molar-refractivity contribution >= 4 is 20.0 Å². The summed E-state index contributed by atoms with van der Waals surface area (Å²) >= 11 is 0. The molecule has 0 radical (unpaired) electrons. The van der Waals surface area contributed by atoms with E-state index in [0.717, 1.165) is 6.26 Å². The Bertz CT molecular complexity index is 345. The highest BCUT2D eigenvalue weighted by atomic mass is 32.3. The molecule has 0 saturated heterocycles. The molecule has 5 nitrogen and oxygen atoms in total. The zero-order valence-electron chi connectivity index (χ0n) is 7.45. The van der Waals surface area contributed by atoms with Gasteiger partial charge in [-0.05, 0) is 20.8 Å². The van der Waals surface area contributed by atoms with Crippen molar-refractivity contribution in [1.82, 2.24) is 4.13 Å². The lowest BCUT2D eigenvalue weighted by Gasteiger charge is -2.18. The maximum Gasteiger partial charge on any atom is 0.229 e. The van der Waals surface area contributed by atoms with Crippen LogP contribution in [0, 0.1) is 0 Å². The van der Waals surface area contributed by atoms with Crippen molar-refractivity contribution in [3.63, 3.8) is 0 Å². The Morgan fingerprint density at radius 2 is 1.33 bits per heavy atom. The number of hydrogen-bond donors (Lipinski definition) is 1. The number of nitrogens with one attached hydrogen (secondary N) is 1. The van der Waals surface area contributed by atoms with Gasteiger partial charge in [-0.1, -0.05) is 0 Å². The van der Waals surface area contributed by atoms with Gasteiger partial charge >= 0.3 is 0 Å². The van der Waals surface area contributed by atoms with Crippen LogP contribution >= 0.6 is 0 Å². The Hall–Kier alpha value is -0.140. The molecule has 1 N–H and O–H groups in total. The highest BCUT2D eigenvalue weighted by Crippen LogP contribution is 2.13. The van der Waals surface area contributed by atoms with Gasteiger partial charge in [0, 0.05) is 0 Å². The summed E-state index contributed by atoms with van der Waals surface area (Å²) in [5.41, 5.74) is 0. The summed E-state index contributed by atoms with van der Waals surface area (Å²) in [5, 5.41) is 0. The molecule has 0 atom stereocenters. The Balaban J connectivity index is 4.96. The van der Waals surface area contributed by atoms with Crippen molar-refractivity contribution in [3.05, 3.63) is 0 Å². The predicted octanol–water partition coefficient (Wildman–Crippen LogP) is -0.336. The summed E-state index contributed by atoms with van der Waals surface area (Å²) in [5.74, 6) is 0. The van der Waals surface area contributed by atoms with Gasteiger partial charge in [-0.15, -0.1) is 4.13 Å². The van der Waals surface area contributed by atoms with Crippen LogP contribution < -0.4 is 4.13 Å². The van der Waals surface area contributed by atoms with E-state index in [1.54, 1.807) is 4.13 Å². The summed E-state index contributed by atoms with van der Waals surface area (Å²) in [6.45, 7) is 4.25. The molecule has 74 valence electrons. The second-order valence-corrected chi connectivity index (χ2v) is 7.91. The highest BCUT2D eigenvalue weighted by Gasteiger charge is 2.31. The van der Waals surface area contributed by atoms with Crippen LogP contribution in [0.1, 0.15) is 20.8 Å². The standard InChI is InChI=1S/C5H13NO4S2/c1-5(2,3)12(9,10)6-11(4,7)8/h6H,1-4H3. The third-order valence-corrected chi connectivity index (χ3v) is 4.77. The normalized spacial score (nSPS) is 14.7. The average Bonchev–Trinajstić information content (AvgIpc) is 1.52. The van der Waals surface area contributed by atoms with Gasteiger partial charge in [0.1, 0.15) is 0 Å². The third-order valence-electron chi connectivity index (χ3n) is 1.07. The van der Waals surface area contributed by atoms with Crippen molar-refractivity contribution in [3.8, 4) is 0 Å². The zero-order valence-corrected chi connectivity index (χ0v) is 9.08. The van der Waals surface area contributed by atoms with Gasteiger partial charge in [0.2, 0.25) is 20.0 Å². The lowest BCUT2D eigenvalue weighted by molar-refractivity contribution is 0.551. The van der Waals surface area contributed by atoms with Gasteiger partial charge in [-0.25, -0.2) is 16.8 Å². The Morgan fingerprint density at radius 3 is 1.42 bits per heavy atom. The van der Waals surface area contributed by atoms with E-state index in [0.29, 0.717) is 0 Å². The van der Waals surface area contributed by atoms with Crippen LogP contribution in [0.2, 0.25) is 0 Å². The molecule has 0 saturated carbocycles. The lowest BCUT2D eigenvalue weighted by atomic mass is 10.3. The van der Waals surface area contributed by atoms with Crippen molar-refractivity contribution in [1.29, 1.82) is 0 Å². The van der Waals surface area contributed by atoms with Crippen LogP contribution in [-0.2, 0) is 20.0 Å². The van der Waals surface area contributed by atoms with Crippen molar-refractivity contribution in [2.45, 2.75) is 25.5 Å². The first-order valence-electron chi connectivity index (χ1n) is 3.19. The SMILES string of the molecule is CC(C)(C)S(=O)(=O)NS(C)(=O)=O. The molecule has 0 aromatic heterocycles. The van der Waals surface area contributed by atoms with Crippen molar-refractivity contribution < 1.29 is 16.8 Å². The monoisotopic (exact) mass is 215 g/mol. The first kappa shape index (κ1) is 11.9. The van der Waals surface area contributed by atoms with Crippen molar-refractivity contribution in [2.75, 3.05) is 6.26 Å². The number of rotatable bonds is 2. The molecule has 0 unspecified atom stereocenters. The van der Waals surface area contributed by atoms with Crippen LogP contribution in [0.3, 0.4) is 0 Å². The minimum Gasteiger partial charge on any atom is -0.212 e. The maximum atomic E-state index is 11.2. The fourth-order valence-electron chi connectivity index (χ4n) is 0.324. The molecule has 0 fully saturated rings. The van der Waals surface area contributed by atoms with Crippen LogP contribution in [0.5, 0.6) is 0 Å². The molecule has 0 aliphatic carbocycles. The highest BCUT2D eigenvalue weighted by molar-refractivity contribution is 8.05. The molecule has 7 heteroatoms. The largest absolute Gasteiger partial charge is 0.229 e. The topological polar surface area (TPSA) is 80.3 Å². The van der Waals surface area contributed by atoms with Crippen molar-refractivity contribution in [2.24, 2.45) is 0 Å². The molecule has 0 aromatic rings. The molecule has 0 aliphatic rings. The molecule has 0 heterocycles. The maximum absolute atomic E-state index is 11.2. The van der Waals surface area contributed by atoms with Gasteiger partial charge in [0.05, 0.1) is 11.0 Å². The van der Waals surface area contributed by atoms with E-state index in [-0.39, 0.29) is 0 Å². The van der Waals surface area contributed by atoms with E-state index in [1.165, 1.54) is 20.8 Å². The smallest absolute Gasteiger partial charge is 0.212 e. The first-order valence-corrected chi connectivity index (χ1v) is 6.56. The number of hydrogen-bond acceptors (Lipinski definition) is 4. The van der Waals surface area contributed by atoms with Gasteiger partial charge < -0.3 is 0 Å². The van der Waals surface area contributed by atoms with E-state index in [1.807, 2.05) is 0 Å². The molecule has 0 spiro atoms. The van der Waals surface area contributed by atoms with Crippen LogP contribution in [0.25, 0.3) is 0 Å². The molecule has 0 rings (SSSR count). The van der Waals surface area contributed by atoms with E-state index in [9.17, 15) is 16.8 Å². The quantitative estimate of drug-likeness (QED) is 0.683. The summed E-state index contributed by atoms with van der Waals surface area (Å²) in [6.07, 6.45) is 0.802. The first-order chi connectivity index (χ1) is 4.96. The van der Waals surface area contributed by atoms with E-state index in [2.05, 4.69) is 0 Å². The van der Waals surface area contributed by atoms with E-state index >= 15 is 0 Å². The molecular formula is C5H13NO4S2. The zero-order chi connectivity index (χ0) is 10.2. The molecule has 0 amide bonds. The lowest BCUT2D eigenvalue weighted by Crippen LogP contribution is -2.41. The summed E-state index contributed by atoms with van der Waals surface area (Å²) in [4.78, 5) is 0. The summed E-state index contributed by atoms with van der Waals surface area (Å²) in [7, 11) is -7.50. The summed E-state index contributed by atoms with van der Waals surface area (Å²) in [6, 6.07) is 0. The Labute approximate surface area is 73.3 Å². The second kappa shape index (κ2) is 2.97. The minimum absolute atomic E-state index is 0.802. The van der Waals surface area contributed by atoms with E-state index < -0.39 is 24.8 Å². The van der Waals surface area contributed by atoms with Crippen LogP contribution in [0.15, 0.2) is 0 Å². The second-order valence-electron chi connectivity index (χ2n) is 3.47. The van der Waals surface area contributed by atoms with Crippen LogP contribution in [0.4, 0.5) is 0 Å². The minimum atomic E-state index is -3.79. The van der Waals surface area contributed by atoms with E-state index in [4.69, 9.17) is 0 Å². The fraction of sp³-hybridized carbons (Fsp3) is 1.00. The Morgan fingerprint density at radius 1 is 1.00 bits per heavy atom. The molecule has 0 bridgehead atoms. The van der Waals surface area contributed by atoms with Gasteiger partial charge in [-0.3, -0.25) is 0 Å². The molecule has 12 heavy (non-hydrogen) atoms. The predicted molar refractivity (Wildman–Crippen MR) is 46.7 cm³/mol. The Kier molecular flexibility index (Phi) is 2.93. The molecular weight excluding hydrogens is 202 g/mol. The fourth-order valence-corrected chi connectivity index (χ4v) is 2.92. The average molecular weight is 215 g/mol. The number of sulfonamides is 2. The summed E-state index contributed by atoms with van der Waals surface area (Å²) < 4.78 is 44.0. The van der Waals surface area contributed by atoms with Gasteiger partial charge in [0.15, 0.2) is 0 Å².